The molecule has 0 N–H and O–H groups in total. The van der Waals surface area contributed by atoms with Crippen LogP contribution >= 0.6 is 0 Å². The Balaban J connectivity index is 0.000000845. The minimum atomic E-state index is 0. The van der Waals surface area contributed by atoms with Gasteiger partial charge in [0.25, 0.3) is 0 Å². The first-order chi connectivity index (χ1) is 5.75. The van der Waals surface area contributed by atoms with E-state index >= 15 is 0 Å². The summed E-state index contributed by atoms with van der Waals surface area (Å²) >= 11 is 0. The number of aryl methyl sites for hydroxylation is 2. The molecule has 1 aromatic carbocycles. The molecule has 0 saturated carbocycles. The zero-order valence-electron chi connectivity index (χ0n) is 9.51. The van der Waals surface area contributed by atoms with Crippen LogP contribution in [0.25, 0.3) is 0 Å². The van der Waals surface area contributed by atoms with Gasteiger partial charge in [-0.25, -0.2) is 0 Å². The van der Waals surface area contributed by atoms with Gasteiger partial charge < -0.3 is 7.43 Å². The maximum Gasteiger partial charge on any atom is 0 e. The van der Waals surface area contributed by atoms with Crippen molar-refractivity contribution in [3.8, 4) is 0 Å². The van der Waals surface area contributed by atoms with Gasteiger partial charge in [-0.05, 0) is 43.2 Å². The fourth-order valence-corrected chi connectivity index (χ4v) is 2.07. The van der Waals surface area contributed by atoms with Gasteiger partial charge in [0.05, 0.1) is 0 Å². The van der Waals surface area contributed by atoms with E-state index < -0.39 is 0 Å². The van der Waals surface area contributed by atoms with Gasteiger partial charge in [-0.3, -0.25) is 0 Å². The van der Waals surface area contributed by atoms with Gasteiger partial charge in [-0.1, -0.05) is 30.7 Å². The Morgan fingerprint density at radius 3 is 2.64 bits per heavy atom. The summed E-state index contributed by atoms with van der Waals surface area (Å²) in [6.45, 7) is 4.53. The van der Waals surface area contributed by atoms with Crippen LogP contribution in [-0.4, -0.2) is 0 Å². The molecule has 1 heteroatoms. The van der Waals surface area contributed by atoms with Crippen molar-refractivity contribution < 1.29 is 32.7 Å². The first-order valence-corrected chi connectivity index (χ1v) is 4.84. The number of hydrogen-bond donors (Lipinski definition) is 0. The van der Waals surface area contributed by atoms with Gasteiger partial charge >= 0.3 is 0 Å². The van der Waals surface area contributed by atoms with E-state index in [1.165, 1.54) is 24.8 Å². The summed E-state index contributed by atoms with van der Waals surface area (Å²) in [6.07, 6.45) is 3.95. The largest absolute Gasteiger partial charge is 0.358 e. The third-order valence-electron chi connectivity index (χ3n) is 2.84. The molecule has 0 heterocycles. The minimum absolute atomic E-state index is 0. The molecule has 1 aromatic rings. The van der Waals surface area contributed by atoms with Crippen molar-refractivity contribution in [2.75, 3.05) is 0 Å². The van der Waals surface area contributed by atoms with Crippen molar-refractivity contribution in [1.82, 2.24) is 0 Å². The first kappa shape index (κ1) is 14.3. The van der Waals surface area contributed by atoms with Gasteiger partial charge in [0.2, 0.25) is 0 Å². The smallest absolute Gasteiger partial charge is 0 e. The van der Waals surface area contributed by atoms with Crippen molar-refractivity contribution in [2.45, 2.75) is 33.1 Å². The third-order valence-corrected chi connectivity index (χ3v) is 2.84. The number of benzene rings is 1. The zero-order chi connectivity index (χ0) is 8.55. The predicted molar refractivity (Wildman–Crippen MR) is 58.8 cm³/mol. The fraction of sp³-hybridized carbons (Fsp3) is 0.462. The number of fused-ring (bicyclic) bond motifs is 1. The molecule has 0 spiro atoms. The third kappa shape index (κ3) is 3.17. The van der Waals surface area contributed by atoms with Crippen LogP contribution in [0.2, 0.25) is 0 Å². The molecule has 0 nitrogen and oxygen atoms in total. The molecule has 2 rings (SSSR count). The van der Waals surface area contributed by atoms with E-state index in [0.717, 1.165) is 5.92 Å². The van der Waals surface area contributed by atoms with E-state index in [4.69, 9.17) is 0 Å². The topological polar surface area (TPSA) is 0 Å². The normalized spacial score (nSPS) is 18.9. The zero-order valence-corrected chi connectivity index (χ0v) is 12.3. The Hall–Kier alpha value is 0.324. The van der Waals surface area contributed by atoms with Crippen LogP contribution in [0.1, 0.15) is 30.0 Å². The van der Waals surface area contributed by atoms with E-state index in [0.29, 0.717) is 0 Å². The van der Waals surface area contributed by atoms with Gasteiger partial charge in [0.1, 0.15) is 0 Å². The van der Waals surface area contributed by atoms with Crippen LogP contribution in [0.5, 0.6) is 0 Å². The van der Waals surface area contributed by atoms with Gasteiger partial charge in [0.15, 0.2) is 0 Å². The second-order valence-corrected chi connectivity index (χ2v) is 4.12. The standard InChI is InChI=1S/C12H16.CH3.Y/c1-9-3-5-12-8-10(2)4-6-11(12)7-9;;/h3,5,7,10H,4,6,8H2,1-2H3;1H3;/q;-1;. The van der Waals surface area contributed by atoms with Crippen LogP contribution < -0.4 is 0 Å². The average Bonchev–Trinajstić information content (AvgIpc) is 2.05. The van der Waals surface area contributed by atoms with E-state index in [2.05, 4.69) is 32.0 Å². The van der Waals surface area contributed by atoms with E-state index in [9.17, 15) is 0 Å². The summed E-state index contributed by atoms with van der Waals surface area (Å²) in [5.41, 5.74) is 4.58. The molecule has 0 saturated heterocycles. The van der Waals surface area contributed by atoms with Crippen LogP contribution in [-0.2, 0) is 45.6 Å². The quantitative estimate of drug-likeness (QED) is 0.628. The molecule has 0 amide bonds. The molecular weight excluding hydrogens is 245 g/mol. The maximum atomic E-state index is 2.35. The molecule has 0 aliphatic heterocycles. The van der Waals surface area contributed by atoms with Crippen LogP contribution in [0.15, 0.2) is 18.2 Å². The van der Waals surface area contributed by atoms with Gasteiger partial charge in [-0.15, -0.1) is 0 Å². The van der Waals surface area contributed by atoms with Crippen LogP contribution in [0.4, 0.5) is 0 Å². The summed E-state index contributed by atoms with van der Waals surface area (Å²) < 4.78 is 0. The predicted octanol–water partition coefficient (Wildman–Crippen LogP) is 3.57. The van der Waals surface area contributed by atoms with Gasteiger partial charge in [-0.2, -0.15) is 0 Å². The van der Waals surface area contributed by atoms with E-state index in [1.807, 2.05) is 0 Å². The molecule has 0 aromatic heterocycles. The molecule has 0 fully saturated rings. The number of rotatable bonds is 0. The SMILES string of the molecule is Cc1ccc2c(c1)CCC(C)C2.[CH3-].[Y]. The average molecular weight is 264 g/mol. The molecule has 75 valence electrons. The molecule has 14 heavy (non-hydrogen) atoms. The Morgan fingerprint density at radius 1 is 1.21 bits per heavy atom. The monoisotopic (exact) mass is 264 g/mol. The second-order valence-electron chi connectivity index (χ2n) is 4.12. The van der Waals surface area contributed by atoms with Crippen molar-refractivity contribution >= 4 is 0 Å². The summed E-state index contributed by atoms with van der Waals surface area (Å²) in [4.78, 5) is 0. The van der Waals surface area contributed by atoms with Crippen LogP contribution in [0.3, 0.4) is 0 Å². The minimum Gasteiger partial charge on any atom is -0.358 e. The van der Waals surface area contributed by atoms with Crippen molar-refractivity contribution in [2.24, 2.45) is 5.92 Å². The van der Waals surface area contributed by atoms with Crippen molar-refractivity contribution in [1.29, 1.82) is 0 Å². The van der Waals surface area contributed by atoms with E-state index in [1.54, 1.807) is 11.1 Å². The van der Waals surface area contributed by atoms with E-state index in [-0.39, 0.29) is 40.1 Å². The van der Waals surface area contributed by atoms with Crippen LogP contribution in [0, 0.1) is 20.3 Å². The second kappa shape index (κ2) is 6.03. The summed E-state index contributed by atoms with van der Waals surface area (Å²) in [7, 11) is 0. The molecule has 1 aliphatic rings. The number of hydrogen-bond acceptors (Lipinski definition) is 0. The Bertz CT molecular complexity index is 291. The molecule has 1 aliphatic carbocycles. The van der Waals surface area contributed by atoms with Crippen molar-refractivity contribution in [3.63, 3.8) is 0 Å². The first-order valence-electron chi connectivity index (χ1n) is 4.84. The Kier molecular flexibility index (Phi) is 6.17. The van der Waals surface area contributed by atoms with Crippen molar-refractivity contribution in [3.05, 3.63) is 42.3 Å². The molecule has 1 radical (unpaired) electrons. The molecular formula is C13H19Y-. The summed E-state index contributed by atoms with van der Waals surface area (Å²) in [5, 5.41) is 0. The summed E-state index contributed by atoms with van der Waals surface area (Å²) in [6, 6.07) is 6.89. The molecule has 1 atom stereocenters. The Morgan fingerprint density at radius 2 is 1.93 bits per heavy atom. The maximum absolute atomic E-state index is 2.35. The molecule has 0 bridgehead atoms. The molecule has 1 unspecified atom stereocenters. The summed E-state index contributed by atoms with van der Waals surface area (Å²) in [5.74, 6) is 0.889. The fourth-order valence-electron chi connectivity index (χ4n) is 2.07. The van der Waals surface area contributed by atoms with Gasteiger partial charge in [0, 0.05) is 32.7 Å². The Labute approximate surface area is 113 Å².